The number of aliphatic carboxylic acids is 2. The second kappa shape index (κ2) is 3.56. The Morgan fingerprint density at radius 3 is 2.00 bits per heavy atom. The zero-order valence-electron chi connectivity index (χ0n) is 7.21. The molecule has 0 radical (unpaired) electrons. The Morgan fingerprint density at radius 1 is 1.07 bits per heavy atom. The largest absolute Gasteiger partial charge is 0.481 e. The van der Waals surface area contributed by atoms with Gasteiger partial charge in [0.15, 0.2) is 9.84 Å². The summed E-state index contributed by atoms with van der Waals surface area (Å²) in [5.74, 6) is -5.82. The van der Waals surface area contributed by atoms with E-state index in [2.05, 4.69) is 0 Å². The molecule has 0 aromatic heterocycles. The number of carboxylic acid groups (broad SMARTS) is 2. The lowest BCUT2D eigenvalue weighted by molar-refractivity contribution is -0.153. The van der Waals surface area contributed by atoms with Crippen LogP contribution in [0.4, 0.5) is 0 Å². The topological polar surface area (TPSA) is 109 Å². The standard InChI is InChI=1S/C7H10O6S/c8-6(9)4-1-2-14(12,13)3-5(4)7(10)11/h4-5H,1-3H2,(H,8,9)(H,10,11)/t4-,5-/m1/s1. The van der Waals surface area contributed by atoms with Gasteiger partial charge < -0.3 is 10.2 Å². The summed E-state index contributed by atoms with van der Waals surface area (Å²) in [6.45, 7) is 0. The number of carboxylic acids is 2. The summed E-state index contributed by atoms with van der Waals surface area (Å²) in [7, 11) is -3.39. The van der Waals surface area contributed by atoms with E-state index in [0.29, 0.717) is 0 Å². The van der Waals surface area contributed by atoms with Crippen LogP contribution in [0.1, 0.15) is 6.42 Å². The third kappa shape index (κ3) is 2.22. The van der Waals surface area contributed by atoms with Gasteiger partial charge in [-0.1, -0.05) is 0 Å². The van der Waals surface area contributed by atoms with Crippen LogP contribution in [-0.4, -0.2) is 42.1 Å². The number of carbonyl (C=O) groups is 2. The van der Waals surface area contributed by atoms with E-state index >= 15 is 0 Å². The Hall–Kier alpha value is -1.11. The van der Waals surface area contributed by atoms with Gasteiger partial charge in [-0.05, 0) is 6.42 Å². The zero-order valence-corrected chi connectivity index (χ0v) is 8.03. The van der Waals surface area contributed by atoms with E-state index in [1.54, 1.807) is 0 Å². The van der Waals surface area contributed by atoms with Gasteiger partial charge in [-0.2, -0.15) is 0 Å². The Bertz CT molecular complexity index is 356. The van der Waals surface area contributed by atoms with Gasteiger partial charge in [0.2, 0.25) is 0 Å². The van der Waals surface area contributed by atoms with E-state index in [-0.39, 0.29) is 12.2 Å². The quantitative estimate of drug-likeness (QED) is 0.633. The maximum atomic E-state index is 11.1. The molecule has 0 bridgehead atoms. The minimum Gasteiger partial charge on any atom is -0.481 e. The monoisotopic (exact) mass is 222 g/mol. The maximum Gasteiger partial charge on any atom is 0.308 e. The lowest BCUT2D eigenvalue weighted by atomic mass is 9.91. The van der Waals surface area contributed by atoms with Crippen LogP contribution in [0.25, 0.3) is 0 Å². The molecular formula is C7H10O6S. The third-order valence-electron chi connectivity index (χ3n) is 2.29. The molecule has 1 rings (SSSR count). The minimum atomic E-state index is -3.39. The molecule has 6 nitrogen and oxygen atoms in total. The highest BCUT2D eigenvalue weighted by Gasteiger charge is 2.41. The summed E-state index contributed by atoms with van der Waals surface area (Å²) < 4.78 is 22.2. The first-order valence-corrected chi connectivity index (χ1v) is 5.81. The van der Waals surface area contributed by atoms with Crippen LogP contribution in [-0.2, 0) is 19.4 Å². The summed E-state index contributed by atoms with van der Waals surface area (Å²) >= 11 is 0. The van der Waals surface area contributed by atoms with Crippen molar-refractivity contribution in [2.45, 2.75) is 6.42 Å². The summed E-state index contributed by atoms with van der Waals surface area (Å²) in [6, 6.07) is 0. The van der Waals surface area contributed by atoms with Gasteiger partial charge in [0.1, 0.15) is 0 Å². The second-order valence-electron chi connectivity index (χ2n) is 3.29. The first-order valence-electron chi connectivity index (χ1n) is 3.99. The van der Waals surface area contributed by atoms with Gasteiger partial charge >= 0.3 is 11.9 Å². The van der Waals surface area contributed by atoms with Crippen molar-refractivity contribution in [2.75, 3.05) is 11.5 Å². The summed E-state index contributed by atoms with van der Waals surface area (Å²) in [4.78, 5) is 21.3. The van der Waals surface area contributed by atoms with E-state index in [0.717, 1.165) is 0 Å². The molecule has 0 aliphatic carbocycles. The number of sulfone groups is 1. The van der Waals surface area contributed by atoms with E-state index < -0.39 is 39.4 Å². The van der Waals surface area contributed by atoms with Gasteiger partial charge in [-0.25, -0.2) is 8.42 Å². The average Bonchev–Trinajstić information content (AvgIpc) is 2.01. The Labute approximate surface area is 80.5 Å². The van der Waals surface area contributed by atoms with Crippen LogP contribution in [0, 0.1) is 11.8 Å². The van der Waals surface area contributed by atoms with Crippen LogP contribution in [0.15, 0.2) is 0 Å². The Kier molecular flexibility index (Phi) is 2.79. The maximum absolute atomic E-state index is 11.1. The van der Waals surface area contributed by atoms with Crippen LogP contribution in [0.2, 0.25) is 0 Å². The van der Waals surface area contributed by atoms with Crippen LogP contribution >= 0.6 is 0 Å². The molecule has 1 aliphatic rings. The minimum absolute atomic E-state index is 0.116. The van der Waals surface area contributed by atoms with E-state index in [4.69, 9.17) is 10.2 Å². The molecule has 1 fully saturated rings. The first-order chi connectivity index (χ1) is 6.33. The summed E-state index contributed by atoms with van der Waals surface area (Å²) in [5.41, 5.74) is 0. The van der Waals surface area contributed by atoms with Crippen molar-refractivity contribution in [3.63, 3.8) is 0 Å². The fraction of sp³-hybridized carbons (Fsp3) is 0.714. The summed E-state index contributed by atoms with van der Waals surface area (Å²) in [6.07, 6.45) is -0.116. The number of rotatable bonds is 2. The van der Waals surface area contributed by atoms with Crippen molar-refractivity contribution in [3.05, 3.63) is 0 Å². The molecule has 0 saturated carbocycles. The van der Waals surface area contributed by atoms with Crippen molar-refractivity contribution in [2.24, 2.45) is 11.8 Å². The molecule has 0 aromatic rings. The van der Waals surface area contributed by atoms with Crippen molar-refractivity contribution < 1.29 is 28.2 Å². The van der Waals surface area contributed by atoms with Gasteiger partial charge in [-0.15, -0.1) is 0 Å². The third-order valence-corrected chi connectivity index (χ3v) is 4.02. The second-order valence-corrected chi connectivity index (χ2v) is 5.52. The lowest BCUT2D eigenvalue weighted by Gasteiger charge is -2.24. The molecule has 0 unspecified atom stereocenters. The molecule has 1 heterocycles. The number of hydrogen-bond donors (Lipinski definition) is 2. The summed E-state index contributed by atoms with van der Waals surface area (Å²) in [5, 5.41) is 17.3. The van der Waals surface area contributed by atoms with Crippen LogP contribution in [0.5, 0.6) is 0 Å². The zero-order chi connectivity index (χ0) is 10.9. The van der Waals surface area contributed by atoms with E-state index in [9.17, 15) is 18.0 Å². The molecule has 80 valence electrons. The molecule has 0 aromatic carbocycles. The van der Waals surface area contributed by atoms with Crippen LogP contribution < -0.4 is 0 Å². The Morgan fingerprint density at radius 2 is 1.57 bits per heavy atom. The van der Waals surface area contributed by atoms with Gasteiger partial charge in [0.25, 0.3) is 0 Å². The molecule has 2 N–H and O–H groups in total. The van der Waals surface area contributed by atoms with Gasteiger partial charge in [-0.3, -0.25) is 9.59 Å². The lowest BCUT2D eigenvalue weighted by Crippen LogP contribution is -2.41. The van der Waals surface area contributed by atoms with Gasteiger partial charge in [0.05, 0.1) is 23.3 Å². The fourth-order valence-electron chi connectivity index (χ4n) is 1.52. The average molecular weight is 222 g/mol. The molecule has 7 heteroatoms. The van der Waals surface area contributed by atoms with Crippen molar-refractivity contribution in [1.82, 2.24) is 0 Å². The highest BCUT2D eigenvalue weighted by molar-refractivity contribution is 7.91. The van der Waals surface area contributed by atoms with Crippen molar-refractivity contribution >= 4 is 21.8 Å². The van der Waals surface area contributed by atoms with Crippen molar-refractivity contribution in [1.29, 1.82) is 0 Å². The molecule has 14 heavy (non-hydrogen) atoms. The van der Waals surface area contributed by atoms with E-state index in [1.807, 2.05) is 0 Å². The SMILES string of the molecule is O=C(O)[C@@H]1CCS(=O)(=O)C[C@H]1C(=O)O. The molecule has 0 amide bonds. The Balaban J connectivity index is 2.92. The highest BCUT2D eigenvalue weighted by atomic mass is 32.2. The first kappa shape index (κ1) is 11.0. The van der Waals surface area contributed by atoms with Crippen molar-refractivity contribution in [3.8, 4) is 0 Å². The molecule has 0 spiro atoms. The van der Waals surface area contributed by atoms with Crippen LogP contribution in [0.3, 0.4) is 0 Å². The highest BCUT2D eigenvalue weighted by Crippen LogP contribution is 2.25. The fourth-order valence-corrected chi connectivity index (χ4v) is 3.22. The number of hydrogen-bond acceptors (Lipinski definition) is 4. The van der Waals surface area contributed by atoms with Gasteiger partial charge in [0, 0.05) is 0 Å². The predicted octanol–water partition coefficient (Wildman–Crippen LogP) is -0.793. The smallest absolute Gasteiger partial charge is 0.308 e. The predicted molar refractivity (Wildman–Crippen MR) is 45.5 cm³/mol. The van der Waals surface area contributed by atoms with E-state index in [1.165, 1.54) is 0 Å². The molecule has 1 aliphatic heterocycles. The molecule has 1 saturated heterocycles. The normalized spacial score (nSPS) is 30.9. The molecule has 2 atom stereocenters. The molecular weight excluding hydrogens is 212 g/mol.